The summed E-state index contributed by atoms with van der Waals surface area (Å²) in [4.78, 5) is 12.1. The van der Waals surface area contributed by atoms with Gasteiger partial charge in [-0.25, -0.2) is 0 Å². The highest BCUT2D eigenvalue weighted by Gasteiger charge is 2.40. The number of rotatable bonds is 5. The first-order chi connectivity index (χ1) is 9.43. The highest BCUT2D eigenvalue weighted by molar-refractivity contribution is 6.29. The Morgan fingerprint density at radius 1 is 1.50 bits per heavy atom. The molecule has 3 unspecified atom stereocenters. The molecule has 1 heterocycles. The molecule has 1 amide bonds. The van der Waals surface area contributed by atoms with Gasteiger partial charge >= 0.3 is 0 Å². The molecule has 0 bridgehead atoms. The number of allylic oxidation sites excluding steroid dienone is 1. The number of carbonyl (C=O) groups is 1. The number of hydrogen-bond donors (Lipinski definition) is 3. The average molecular weight is 275 g/mol. The molecule has 2 aliphatic rings. The number of fused-ring (bicyclic) bond motifs is 1. The first-order valence-corrected chi connectivity index (χ1v) is 6.91. The SMILES string of the molecule is CC(C)OC1C=C2C(=CC1)NC(=O)C2C(C)C(=N)C=N. The number of amides is 1. The van der Waals surface area contributed by atoms with E-state index in [-0.39, 0.29) is 29.7 Å². The molecule has 20 heavy (non-hydrogen) atoms. The quantitative estimate of drug-likeness (QED) is 0.671. The lowest BCUT2D eigenvalue weighted by Gasteiger charge is -2.23. The van der Waals surface area contributed by atoms with E-state index in [0.29, 0.717) is 0 Å². The normalized spacial score (nSPS) is 26.5. The van der Waals surface area contributed by atoms with Crippen LogP contribution >= 0.6 is 0 Å². The van der Waals surface area contributed by atoms with Gasteiger partial charge in [-0.2, -0.15) is 0 Å². The highest BCUT2D eigenvalue weighted by Crippen LogP contribution is 2.35. The van der Waals surface area contributed by atoms with Crippen molar-refractivity contribution >= 4 is 17.8 Å². The second-order valence-electron chi connectivity index (χ2n) is 5.55. The van der Waals surface area contributed by atoms with Crippen LogP contribution in [-0.4, -0.2) is 30.0 Å². The Morgan fingerprint density at radius 3 is 2.80 bits per heavy atom. The van der Waals surface area contributed by atoms with Crippen molar-refractivity contribution in [3.63, 3.8) is 0 Å². The van der Waals surface area contributed by atoms with Gasteiger partial charge in [0.2, 0.25) is 5.91 Å². The summed E-state index contributed by atoms with van der Waals surface area (Å²) in [6.45, 7) is 5.79. The van der Waals surface area contributed by atoms with Crippen molar-refractivity contribution in [2.45, 2.75) is 39.4 Å². The van der Waals surface area contributed by atoms with Crippen LogP contribution in [0.3, 0.4) is 0 Å². The molecule has 0 aromatic carbocycles. The molecule has 0 saturated carbocycles. The van der Waals surface area contributed by atoms with E-state index in [1.807, 2.05) is 32.9 Å². The predicted octanol–water partition coefficient (Wildman–Crippen LogP) is 2.05. The van der Waals surface area contributed by atoms with Crippen LogP contribution in [0.25, 0.3) is 0 Å². The van der Waals surface area contributed by atoms with Crippen molar-refractivity contribution in [1.82, 2.24) is 5.32 Å². The van der Waals surface area contributed by atoms with Crippen LogP contribution in [-0.2, 0) is 9.53 Å². The van der Waals surface area contributed by atoms with Gasteiger partial charge in [0.15, 0.2) is 0 Å². The maximum absolute atomic E-state index is 12.1. The second kappa shape index (κ2) is 5.71. The molecule has 1 saturated heterocycles. The summed E-state index contributed by atoms with van der Waals surface area (Å²) >= 11 is 0. The summed E-state index contributed by atoms with van der Waals surface area (Å²) in [5, 5.41) is 17.8. The van der Waals surface area contributed by atoms with Gasteiger partial charge in [-0.05, 0) is 31.9 Å². The third-order valence-electron chi connectivity index (χ3n) is 3.70. The predicted molar refractivity (Wildman–Crippen MR) is 78.1 cm³/mol. The van der Waals surface area contributed by atoms with E-state index in [9.17, 15) is 4.79 Å². The summed E-state index contributed by atoms with van der Waals surface area (Å²) in [6.07, 6.45) is 5.84. The maximum Gasteiger partial charge on any atom is 0.232 e. The minimum absolute atomic E-state index is 0.0229. The van der Waals surface area contributed by atoms with E-state index in [4.69, 9.17) is 15.6 Å². The zero-order chi connectivity index (χ0) is 14.9. The van der Waals surface area contributed by atoms with Gasteiger partial charge < -0.3 is 20.9 Å². The summed E-state index contributed by atoms with van der Waals surface area (Å²) in [6, 6.07) is 0. The molecule has 0 radical (unpaired) electrons. The highest BCUT2D eigenvalue weighted by atomic mass is 16.5. The smallest absolute Gasteiger partial charge is 0.232 e. The minimum Gasteiger partial charge on any atom is -0.371 e. The topological polar surface area (TPSA) is 86.0 Å². The third kappa shape index (κ3) is 2.72. The van der Waals surface area contributed by atoms with Crippen LogP contribution in [0, 0.1) is 22.7 Å². The minimum atomic E-state index is -0.395. The molecule has 3 N–H and O–H groups in total. The fourth-order valence-electron chi connectivity index (χ4n) is 2.71. The van der Waals surface area contributed by atoms with Gasteiger partial charge in [-0.15, -0.1) is 0 Å². The molecule has 5 nitrogen and oxygen atoms in total. The molecule has 3 atom stereocenters. The van der Waals surface area contributed by atoms with Crippen LogP contribution < -0.4 is 5.32 Å². The zero-order valence-corrected chi connectivity index (χ0v) is 12.1. The summed E-state index contributed by atoms with van der Waals surface area (Å²) in [5.74, 6) is -0.789. The van der Waals surface area contributed by atoms with Crippen molar-refractivity contribution in [2.75, 3.05) is 0 Å². The Bertz CT molecular complexity index is 505. The fraction of sp³-hybridized carbons (Fsp3) is 0.533. The van der Waals surface area contributed by atoms with Crippen LogP contribution in [0.2, 0.25) is 0 Å². The van der Waals surface area contributed by atoms with Gasteiger partial charge in [0.1, 0.15) is 0 Å². The van der Waals surface area contributed by atoms with Crippen LogP contribution in [0.1, 0.15) is 27.2 Å². The molecule has 2 rings (SSSR count). The Hall–Kier alpha value is -1.75. The lowest BCUT2D eigenvalue weighted by Crippen LogP contribution is -2.29. The fourth-order valence-corrected chi connectivity index (χ4v) is 2.71. The molecule has 0 aromatic rings. The van der Waals surface area contributed by atoms with Crippen LogP contribution in [0.4, 0.5) is 0 Å². The largest absolute Gasteiger partial charge is 0.371 e. The summed E-state index contributed by atoms with van der Waals surface area (Å²) in [7, 11) is 0. The van der Waals surface area contributed by atoms with E-state index in [1.165, 1.54) is 0 Å². The van der Waals surface area contributed by atoms with E-state index < -0.39 is 5.92 Å². The van der Waals surface area contributed by atoms with E-state index in [0.717, 1.165) is 23.9 Å². The van der Waals surface area contributed by atoms with E-state index in [1.54, 1.807) is 0 Å². The number of carbonyl (C=O) groups excluding carboxylic acids is 1. The van der Waals surface area contributed by atoms with Gasteiger partial charge in [-0.3, -0.25) is 4.79 Å². The zero-order valence-electron chi connectivity index (χ0n) is 12.1. The third-order valence-corrected chi connectivity index (χ3v) is 3.70. The average Bonchev–Trinajstić information content (AvgIpc) is 2.71. The summed E-state index contributed by atoms with van der Waals surface area (Å²) < 4.78 is 5.79. The van der Waals surface area contributed by atoms with Crippen molar-refractivity contribution in [1.29, 1.82) is 10.8 Å². The number of ether oxygens (including phenoxy) is 1. The Balaban J connectivity index is 2.26. The van der Waals surface area contributed by atoms with Crippen molar-refractivity contribution in [2.24, 2.45) is 11.8 Å². The Morgan fingerprint density at radius 2 is 2.20 bits per heavy atom. The van der Waals surface area contributed by atoms with Crippen molar-refractivity contribution < 1.29 is 9.53 Å². The molecule has 108 valence electrons. The van der Waals surface area contributed by atoms with Crippen LogP contribution in [0.5, 0.6) is 0 Å². The molecule has 1 fully saturated rings. The second-order valence-corrected chi connectivity index (χ2v) is 5.55. The monoisotopic (exact) mass is 275 g/mol. The van der Waals surface area contributed by atoms with E-state index in [2.05, 4.69) is 5.32 Å². The molecule has 1 aliphatic carbocycles. The molecule has 0 spiro atoms. The summed E-state index contributed by atoms with van der Waals surface area (Å²) in [5.41, 5.74) is 1.92. The van der Waals surface area contributed by atoms with Gasteiger partial charge in [0.05, 0.1) is 23.8 Å². The van der Waals surface area contributed by atoms with Gasteiger partial charge in [0, 0.05) is 17.8 Å². The van der Waals surface area contributed by atoms with Gasteiger partial charge in [0.25, 0.3) is 0 Å². The molecule has 0 aromatic heterocycles. The van der Waals surface area contributed by atoms with E-state index >= 15 is 0 Å². The van der Waals surface area contributed by atoms with Crippen molar-refractivity contribution in [3.05, 3.63) is 23.4 Å². The molecule has 5 heteroatoms. The number of hydrogen-bond acceptors (Lipinski definition) is 4. The van der Waals surface area contributed by atoms with Crippen molar-refractivity contribution in [3.8, 4) is 0 Å². The number of nitrogens with one attached hydrogen (secondary N) is 3. The standard InChI is InChI=1S/C15H21N3O2/c1-8(2)20-10-4-5-13-11(6-10)14(15(19)18-13)9(3)12(17)7-16/h5-10,14,16-17H,4H2,1-3H3,(H,18,19). The maximum atomic E-state index is 12.1. The van der Waals surface area contributed by atoms with Crippen LogP contribution in [0.15, 0.2) is 23.4 Å². The molecule has 1 aliphatic heterocycles. The molecular formula is C15H21N3O2. The Kier molecular flexibility index (Phi) is 4.18. The first kappa shape index (κ1) is 14.7. The molecular weight excluding hydrogens is 254 g/mol. The first-order valence-electron chi connectivity index (χ1n) is 6.91. The lowest BCUT2D eigenvalue weighted by molar-refractivity contribution is -0.122. The lowest BCUT2D eigenvalue weighted by atomic mass is 9.82. The van der Waals surface area contributed by atoms with Gasteiger partial charge in [-0.1, -0.05) is 13.0 Å². The Labute approximate surface area is 119 Å².